The van der Waals surface area contributed by atoms with Crippen LogP contribution >= 0.6 is 0 Å². The first-order chi connectivity index (χ1) is 7.70. The van der Waals surface area contributed by atoms with E-state index in [4.69, 9.17) is 0 Å². The molecule has 3 nitrogen and oxygen atoms in total. The van der Waals surface area contributed by atoms with Crippen molar-refractivity contribution >= 4 is 5.78 Å². The van der Waals surface area contributed by atoms with Gasteiger partial charge in [-0.2, -0.15) is 4.73 Å². The highest BCUT2D eigenvalue weighted by Crippen LogP contribution is 2.06. The maximum atomic E-state index is 12.0. The summed E-state index contributed by atoms with van der Waals surface area (Å²) in [5, 5.41) is 11.7. The van der Waals surface area contributed by atoms with E-state index in [2.05, 4.69) is 0 Å². The summed E-state index contributed by atoms with van der Waals surface area (Å²) in [6, 6.07) is 13.7. The topological polar surface area (TPSA) is 44.0 Å². The van der Waals surface area contributed by atoms with Crippen LogP contribution in [0.25, 0.3) is 0 Å². The number of hydrogen-bond acceptors (Lipinski definition) is 2. The molecule has 0 aliphatic carbocycles. The molecule has 0 aliphatic heterocycles. The Hall–Kier alpha value is -2.16. The molecule has 16 heavy (non-hydrogen) atoms. The minimum Gasteiger partial charge on any atom is -0.618 e. The van der Waals surface area contributed by atoms with E-state index >= 15 is 0 Å². The molecule has 0 fully saturated rings. The van der Waals surface area contributed by atoms with Gasteiger partial charge in [-0.05, 0) is 6.07 Å². The molecule has 2 aromatic rings. The van der Waals surface area contributed by atoms with Crippen LogP contribution in [0.5, 0.6) is 0 Å². The van der Waals surface area contributed by atoms with Crippen LogP contribution in [0.3, 0.4) is 0 Å². The van der Waals surface area contributed by atoms with E-state index in [0.29, 0.717) is 16.0 Å². The molecule has 1 aromatic heterocycles. The van der Waals surface area contributed by atoms with Crippen LogP contribution in [0.15, 0.2) is 48.5 Å². The summed E-state index contributed by atoms with van der Waals surface area (Å²) < 4.78 is 0.662. The summed E-state index contributed by atoms with van der Waals surface area (Å²) in [5.41, 5.74) is 1.20. The fourth-order valence-corrected chi connectivity index (χ4v) is 1.51. The molecule has 0 spiro atoms. The minimum atomic E-state index is -0.251. The van der Waals surface area contributed by atoms with Crippen molar-refractivity contribution in [3.05, 3.63) is 70.7 Å². The number of pyridine rings is 1. The number of carbonyl (C=O) groups excluding carboxylic acids is 1. The Morgan fingerprint density at radius 1 is 1.06 bits per heavy atom. The SMILES string of the molecule is Cc1cccc(C(=O)c2ccccc2)[n+]1[O-]. The van der Waals surface area contributed by atoms with Gasteiger partial charge in [0.1, 0.15) is 0 Å². The summed E-state index contributed by atoms with van der Waals surface area (Å²) in [5.74, 6) is -0.251. The molecule has 3 heteroatoms. The molecule has 0 N–H and O–H groups in total. The van der Waals surface area contributed by atoms with Crippen LogP contribution in [-0.2, 0) is 0 Å². The van der Waals surface area contributed by atoms with Crippen LogP contribution < -0.4 is 4.73 Å². The molecule has 0 atom stereocenters. The predicted octanol–water partition coefficient (Wildman–Crippen LogP) is 1.86. The van der Waals surface area contributed by atoms with Crippen molar-refractivity contribution in [2.75, 3.05) is 0 Å². The number of aromatic nitrogens is 1. The van der Waals surface area contributed by atoms with Crippen molar-refractivity contribution in [1.29, 1.82) is 0 Å². The molecule has 0 radical (unpaired) electrons. The van der Waals surface area contributed by atoms with Crippen LogP contribution in [0.2, 0.25) is 0 Å². The highest BCUT2D eigenvalue weighted by Gasteiger charge is 2.18. The number of aryl methyl sites for hydroxylation is 1. The van der Waals surface area contributed by atoms with Gasteiger partial charge in [0.15, 0.2) is 5.69 Å². The number of rotatable bonds is 2. The van der Waals surface area contributed by atoms with Gasteiger partial charge in [-0.1, -0.05) is 30.3 Å². The molecule has 1 heterocycles. The Balaban J connectivity index is 2.46. The zero-order chi connectivity index (χ0) is 11.5. The molecule has 0 aliphatic rings. The first-order valence-electron chi connectivity index (χ1n) is 4.99. The van der Waals surface area contributed by atoms with E-state index in [1.54, 1.807) is 43.3 Å². The first-order valence-corrected chi connectivity index (χ1v) is 4.99. The van der Waals surface area contributed by atoms with E-state index in [0.717, 1.165) is 0 Å². The quantitative estimate of drug-likeness (QED) is 0.434. The maximum absolute atomic E-state index is 12.0. The third kappa shape index (κ3) is 1.80. The fraction of sp³-hybridized carbons (Fsp3) is 0.0769. The van der Waals surface area contributed by atoms with Crippen LogP contribution in [0, 0.1) is 12.1 Å². The van der Waals surface area contributed by atoms with Gasteiger partial charge < -0.3 is 5.21 Å². The van der Waals surface area contributed by atoms with Crippen molar-refractivity contribution in [3.8, 4) is 0 Å². The second-order valence-electron chi connectivity index (χ2n) is 3.54. The maximum Gasteiger partial charge on any atom is 0.265 e. The van der Waals surface area contributed by atoms with Gasteiger partial charge in [-0.25, -0.2) is 0 Å². The smallest absolute Gasteiger partial charge is 0.265 e. The van der Waals surface area contributed by atoms with Crippen molar-refractivity contribution < 1.29 is 9.52 Å². The third-order valence-electron chi connectivity index (χ3n) is 2.40. The predicted molar refractivity (Wildman–Crippen MR) is 60.0 cm³/mol. The lowest BCUT2D eigenvalue weighted by Gasteiger charge is -2.05. The van der Waals surface area contributed by atoms with Gasteiger partial charge >= 0.3 is 0 Å². The van der Waals surface area contributed by atoms with Gasteiger partial charge in [0.05, 0.1) is 0 Å². The second-order valence-corrected chi connectivity index (χ2v) is 3.54. The Morgan fingerprint density at radius 2 is 1.75 bits per heavy atom. The zero-order valence-electron chi connectivity index (χ0n) is 8.88. The number of carbonyl (C=O) groups is 1. The summed E-state index contributed by atoms with van der Waals surface area (Å²) in [6.07, 6.45) is 0. The van der Waals surface area contributed by atoms with Crippen molar-refractivity contribution in [2.24, 2.45) is 0 Å². The summed E-state index contributed by atoms with van der Waals surface area (Å²) in [6.45, 7) is 1.68. The lowest BCUT2D eigenvalue weighted by atomic mass is 10.1. The first kappa shape index (κ1) is 10.4. The largest absolute Gasteiger partial charge is 0.618 e. The number of nitrogens with zero attached hydrogens (tertiary/aromatic N) is 1. The average molecular weight is 213 g/mol. The molecule has 1 aromatic carbocycles. The van der Waals surface area contributed by atoms with Crippen LogP contribution in [-0.4, -0.2) is 5.78 Å². The molecule has 80 valence electrons. The normalized spacial score (nSPS) is 10.1. The lowest BCUT2D eigenvalue weighted by molar-refractivity contribution is -0.614. The number of benzene rings is 1. The van der Waals surface area contributed by atoms with Gasteiger partial charge in [-0.3, -0.25) is 4.79 Å². The standard InChI is InChI=1S/C13H11NO2/c1-10-6-5-9-12(14(10)16)13(15)11-7-3-2-4-8-11/h2-9H,1H3. The Bertz CT molecular complexity index is 521. The van der Waals surface area contributed by atoms with E-state index in [1.807, 2.05) is 6.07 Å². The van der Waals surface area contributed by atoms with Gasteiger partial charge in [0, 0.05) is 24.6 Å². The molecule has 0 amide bonds. The molecule has 0 saturated heterocycles. The van der Waals surface area contributed by atoms with E-state index in [9.17, 15) is 10.0 Å². The Morgan fingerprint density at radius 3 is 2.44 bits per heavy atom. The van der Waals surface area contributed by atoms with E-state index < -0.39 is 0 Å². The Labute approximate surface area is 93.6 Å². The number of hydrogen-bond donors (Lipinski definition) is 0. The molecule has 2 rings (SSSR count). The summed E-state index contributed by atoms with van der Waals surface area (Å²) >= 11 is 0. The Kier molecular flexibility index (Phi) is 2.68. The van der Waals surface area contributed by atoms with Crippen molar-refractivity contribution in [2.45, 2.75) is 6.92 Å². The minimum absolute atomic E-state index is 0.159. The van der Waals surface area contributed by atoms with Gasteiger partial charge in [-0.15, -0.1) is 0 Å². The van der Waals surface area contributed by atoms with Gasteiger partial charge in [0.25, 0.3) is 11.5 Å². The van der Waals surface area contributed by atoms with E-state index in [-0.39, 0.29) is 11.5 Å². The molecule has 0 saturated carbocycles. The molecular formula is C13H11NO2. The highest BCUT2D eigenvalue weighted by atomic mass is 16.5. The molecule has 0 bridgehead atoms. The third-order valence-corrected chi connectivity index (χ3v) is 2.40. The summed E-state index contributed by atoms with van der Waals surface area (Å²) in [4.78, 5) is 12.0. The van der Waals surface area contributed by atoms with Crippen molar-refractivity contribution in [1.82, 2.24) is 0 Å². The molecular weight excluding hydrogens is 202 g/mol. The van der Waals surface area contributed by atoms with Crippen LogP contribution in [0.1, 0.15) is 21.7 Å². The molecule has 0 unspecified atom stereocenters. The van der Waals surface area contributed by atoms with E-state index in [1.165, 1.54) is 6.07 Å². The number of ketones is 1. The van der Waals surface area contributed by atoms with Crippen molar-refractivity contribution in [3.63, 3.8) is 0 Å². The van der Waals surface area contributed by atoms with Gasteiger partial charge in [0.2, 0.25) is 0 Å². The highest BCUT2D eigenvalue weighted by molar-refractivity contribution is 6.06. The zero-order valence-corrected chi connectivity index (χ0v) is 8.88. The fourth-order valence-electron chi connectivity index (χ4n) is 1.51. The lowest BCUT2D eigenvalue weighted by Crippen LogP contribution is -2.37. The second kappa shape index (κ2) is 4.14. The summed E-state index contributed by atoms with van der Waals surface area (Å²) in [7, 11) is 0. The monoisotopic (exact) mass is 213 g/mol. The average Bonchev–Trinajstić information content (AvgIpc) is 2.33. The van der Waals surface area contributed by atoms with Crippen LogP contribution in [0.4, 0.5) is 0 Å².